The monoisotopic (exact) mass is 273 g/mol. The van der Waals surface area contributed by atoms with Crippen molar-refractivity contribution < 1.29 is 4.79 Å². The molecule has 1 aliphatic carbocycles. The highest BCUT2D eigenvalue weighted by atomic mass is 16.2. The number of carbonyl (C=O) groups is 1. The van der Waals surface area contributed by atoms with Gasteiger partial charge in [0.1, 0.15) is 5.82 Å². The van der Waals surface area contributed by atoms with Gasteiger partial charge in [0.05, 0.1) is 0 Å². The Balaban J connectivity index is 1.60. The van der Waals surface area contributed by atoms with Crippen LogP contribution in [0.15, 0.2) is 24.4 Å². The van der Waals surface area contributed by atoms with E-state index >= 15 is 0 Å². The summed E-state index contributed by atoms with van der Waals surface area (Å²) in [5.41, 5.74) is 0. The SMILES string of the molecule is CN(C(=O)CC1CC1)[C@H]1CCCN(c2ccccn2)C1. The predicted molar refractivity (Wildman–Crippen MR) is 79.6 cm³/mol. The first-order valence-electron chi connectivity index (χ1n) is 7.65. The van der Waals surface area contributed by atoms with Crippen LogP contribution in [0, 0.1) is 5.92 Å². The summed E-state index contributed by atoms with van der Waals surface area (Å²) >= 11 is 0. The lowest BCUT2D eigenvalue weighted by Gasteiger charge is -2.38. The maximum Gasteiger partial charge on any atom is 0.222 e. The van der Waals surface area contributed by atoms with Gasteiger partial charge in [-0.15, -0.1) is 0 Å². The van der Waals surface area contributed by atoms with Gasteiger partial charge in [0.15, 0.2) is 0 Å². The smallest absolute Gasteiger partial charge is 0.222 e. The number of aromatic nitrogens is 1. The van der Waals surface area contributed by atoms with Crippen molar-refractivity contribution in [2.45, 2.75) is 38.1 Å². The Morgan fingerprint density at radius 2 is 2.25 bits per heavy atom. The largest absolute Gasteiger partial charge is 0.355 e. The van der Waals surface area contributed by atoms with Gasteiger partial charge in [0.25, 0.3) is 0 Å². The number of likely N-dealkylation sites (N-methyl/N-ethyl adjacent to an activating group) is 1. The minimum Gasteiger partial charge on any atom is -0.355 e. The molecule has 1 saturated carbocycles. The number of hydrogen-bond acceptors (Lipinski definition) is 3. The van der Waals surface area contributed by atoms with Crippen LogP contribution in [0.3, 0.4) is 0 Å². The van der Waals surface area contributed by atoms with Crippen LogP contribution in [0.4, 0.5) is 5.82 Å². The first-order valence-corrected chi connectivity index (χ1v) is 7.65. The van der Waals surface area contributed by atoms with E-state index in [9.17, 15) is 4.79 Å². The lowest BCUT2D eigenvalue weighted by atomic mass is 10.0. The topological polar surface area (TPSA) is 36.4 Å². The zero-order chi connectivity index (χ0) is 13.9. The number of amides is 1. The summed E-state index contributed by atoms with van der Waals surface area (Å²) in [5.74, 6) is 2.01. The van der Waals surface area contributed by atoms with E-state index in [1.165, 1.54) is 12.8 Å². The normalized spacial score (nSPS) is 22.6. The summed E-state index contributed by atoms with van der Waals surface area (Å²) in [6.07, 6.45) is 7.30. The van der Waals surface area contributed by atoms with Crippen molar-refractivity contribution in [1.29, 1.82) is 0 Å². The summed E-state index contributed by atoms with van der Waals surface area (Å²) < 4.78 is 0. The second kappa shape index (κ2) is 5.81. The number of anilines is 1. The fourth-order valence-electron chi connectivity index (χ4n) is 2.94. The first kappa shape index (κ1) is 13.4. The third-order valence-corrected chi connectivity index (χ3v) is 4.47. The Hall–Kier alpha value is -1.58. The molecule has 1 amide bonds. The molecule has 0 radical (unpaired) electrons. The minimum atomic E-state index is 0.320. The maximum absolute atomic E-state index is 12.2. The molecule has 4 heteroatoms. The highest BCUT2D eigenvalue weighted by Gasteiger charge is 2.30. The van der Waals surface area contributed by atoms with Crippen LogP contribution in [0.2, 0.25) is 0 Å². The summed E-state index contributed by atoms with van der Waals surface area (Å²) in [6.45, 7) is 1.95. The third-order valence-electron chi connectivity index (χ3n) is 4.47. The van der Waals surface area contributed by atoms with E-state index in [0.29, 0.717) is 17.9 Å². The molecule has 1 atom stereocenters. The van der Waals surface area contributed by atoms with Gasteiger partial charge in [-0.25, -0.2) is 4.98 Å². The van der Waals surface area contributed by atoms with Gasteiger partial charge in [-0.1, -0.05) is 6.07 Å². The average molecular weight is 273 g/mol. The molecule has 1 aliphatic heterocycles. The lowest BCUT2D eigenvalue weighted by molar-refractivity contribution is -0.132. The zero-order valence-corrected chi connectivity index (χ0v) is 12.2. The number of pyridine rings is 1. The maximum atomic E-state index is 12.2. The molecule has 0 aromatic carbocycles. The van der Waals surface area contributed by atoms with Gasteiger partial charge in [0, 0.05) is 38.8 Å². The van der Waals surface area contributed by atoms with Crippen molar-refractivity contribution in [3.63, 3.8) is 0 Å². The fourth-order valence-corrected chi connectivity index (χ4v) is 2.94. The quantitative estimate of drug-likeness (QED) is 0.844. The molecule has 1 aromatic rings. The highest BCUT2D eigenvalue weighted by Crippen LogP contribution is 2.33. The summed E-state index contributed by atoms with van der Waals surface area (Å²) in [7, 11) is 1.97. The van der Waals surface area contributed by atoms with E-state index < -0.39 is 0 Å². The molecule has 1 saturated heterocycles. The molecule has 2 aliphatic rings. The summed E-state index contributed by atoms with van der Waals surface area (Å²) in [6, 6.07) is 6.34. The van der Waals surface area contributed by atoms with Gasteiger partial charge in [-0.3, -0.25) is 4.79 Å². The van der Waals surface area contributed by atoms with E-state index in [4.69, 9.17) is 0 Å². The number of carbonyl (C=O) groups excluding carboxylic acids is 1. The Kier molecular flexibility index (Phi) is 3.90. The highest BCUT2D eigenvalue weighted by molar-refractivity contribution is 5.76. The predicted octanol–water partition coefficient (Wildman–Crippen LogP) is 2.31. The zero-order valence-electron chi connectivity index (χ0n) is 12.2. The Bertz CT molecular complexity index is 458. The van der Waals surface area contributed by atoms with Crippen LogP contribution in [0.25, 0.3) is 0 Å². The number of piperidine rings is 1. The molecule has 0 bridgehead atoms. The van der Waals surface area contributed by atoms with Crippen LogP contribution in [0.1, 0.15) is 32.1 Å². The Morgan fingerprint density at radius 3 is 2.95 bits per heavy atom. The molecule has 2 fully saturated rings. The molecular weight excluding hydrogens is 250 g/mol. The fraction of sp³-hybridized carbons (Fsp3) is 0.625. The van der Waals surface area contributed by atoms with Crippen LogP contribution in [-0.4, -0.2) is 42.0 Å². The molecule has 108 valence electrons. The van der Waals surface area contributed by atoms with E-state index in [-0.39, 0.29) is 0 Å². The summed E-state index contributed by atoms with van der Waals surface area (Å²) in [4.78, 5) is 20.9. The second-order valence-electron chi connectivity index (χ2n) is 6.08. The van der Waals surface area contributed by atoms with Gasteiger partial charge in [0.2, 0.25) is 5.91 Å². The van der Waals surface area contributed by atoms with Gasteiger partial charge >= 0.3 is 0 Å². The van der Waals surface area contributed by atoms with E-state index in [2.05, 4.69) is 9.88 Å². The molecule has 1 aromatic heterocycles. The second-order valence-corrected chi connectivity index (χ2v) is 6.08. The van der Waals surface area contributed by atoms with Gasteiger partial charge < -0.3 is 9.80 Å². The van der Waals surface area contributed by atoms with E-state index in [1.807, 2.05) is 36.3 Å². The molecule has 3 rings (SSSR count). The molecule has 2 heterocycles. The standard InChI is InChI=1S/C16H23N3O/c1-18(16(20)11-13-7-8-13)14-5-4-10-19(12-14)15-6-2-3-9-17-15/h2-3,6,9,13-14H,4-5,7-8,10-12H2,1H3/t14-/m0/s1. The third kappa shape index (κ3) is 3.11. The van der Waals surface area contributed by atoms with Crippen molar-refractivity contribution >= 4 is 11.7 Å². The van der Waals surface area contributed by atoms with Crippen molar-refractivity contribution in [3.05, 3.63) is 24.4 Å². The molecule has 20 heavy (non-hydrogen) atoms. The molecular formula is C16H23N3O. The van der Waals surface area contributed by atoms with Crippen molar-refractivity contribution in [2.75, 3.05) is 25.0 Å². The van der Waals surface area contributed by atoms with Gasteiger partial charge in [-0.2, -0.15) is 0 Å². The number of rotatable bonds is 4. The summed E-state index contributed by atoms with van der Waals surface area (Å²) in [5, 5.41) is 0. The van der Waals surface area contributed by atoms with Crippen molar-refractivity contribution in [2.24, 2.45) is 5.92 Å². The van der Waals surface area contributed by atoms with Gasteiger partial charge in [-0.05, 0) is 43.7 Å². The van der Waals surface area contributed by atoms with Crippen molar-refractivity contribution in [1.82, 2.24) is 9.88 Å². The van der Waals surface area contributed by atoms with Crippen LogP contribution in [0.5, 0.6) is 0 Å². The van der Waals surface area contributed by atoms with E-state index in [1.54, 1.807) is 0 Å². The average Bonchev–Trinajstić information content (AvgIpc) is 3.31. The van der Waals surface area contributed by atoms with Crippen LogP contribution >= 0.6 is 0 Å². The molecule has 0 N–H and O–H groups in total. The molecule has 4 nitrogen and oxygen atoms in total. The number of nitrogens with zero attached hydrogens (tertiary/aromatic N) is 3. The Labute approximate surface area is 120 Å². The first-order chi connectivity index (χ1) is 9.74. The molecule has 0 unspecified atom stereocenters. The Morgan fingerprint density at radius 1 is 1.40 bits per heavy atom. The van der Waals surface area contributed by atoms with Crippen LogP contribution < -0.4 is 4.90 Å². The van der Waals surface area contributed by atoms with Crippen LogP contribution in [-0.2, 0) is 4.79 Å². The van der Waals surface area contributed by atoms with E-state index in [0.717, 1.165) is 38.2 Å². The molecule has 0 spiro atoms. The lowest BCUT2D eigenvalue weighted by Crippen LogP contribution is -2.48. The van der Waals surface area contributed by atoms with Crippen molar-refractivity contribution in [3.8, 4) is 0 Å². The minimum absolute atomic E-state index is 0.320. The number of hydrogen-bond donors (Lipinski definition) is 0.